The Morgan fingerprint density at radius 3 is 3.11 bits per heavy atom. The molecule has 0 aliphatic carbocycles. The summed E-state index contributed by atoms with van der Waals surface area (Å²) in [4.78, 5) is 13.2. The van der Waals surface area contributed by atoms with Gasteiger partial charge in [-0.3, -0.25) is 4.79 Å². The minimum absolute atomic E-state index is 0.184. The first-order valence-electron chi connectivity index (χ1n) is 6.10. The first-order valence-corrected chi connectivity index (χ1v) is 6.89. The fourth-order valence-corrected chi connectivity index (χ4v) is 2.63. The van der Waals surface area contributed by atoms with Gasteiger partial charge in [-0.15, -0.1) is 0 Å². The van der Waals surface area contributed by atoms with Crippen LogP contribution in [0, 0.1) is 0 Å². The number of hydrogen-bond acceptors (Lipinski definition) is 3. The standard InChI is InChI=1S/C13H17BrN2O2/c14-10-3-1-4-11(7-10)15-12-5-2-6-16(8-12)13(18)9-17/h1,3-4,7,12,15,17H,2,5-6,8-9H2/t12-/m1/s1. The van der Waals surface area contributed by atoms with Crippen molar-refractivity contribution >= 4 is 27.5 Å². The number of likely N-dealkylation sites (tertiary alicyclic amines) is 1. The van der Waals surface area contributed by atoms with Crippen LogP contribution >= 0.6 is 15.9 Å². The second kappa shape index (κ2) is 6.20. The highest BCUT2D eigenvalue weighted by Gasteiger charge is 2.22. The van der Waals surface area contributed by atoms with E-state index in [-0.39, 0.29) is 11.9 Å². The van der Waals surface area contributed by atoms with Gasteiger partial charge in [0.05, 0.1) is 0 Å². The van der Waals surface area contributed by atoms with Crippen LogP contribution in [0.25, 0.3) is 0 Å². The van der Waals surface area contributed by atoms with Crippen LogP contribution in [0.15, 0.2) is 28.7 Å². The molecular formula is C13H17BrN2O2. The molecule has 1 aliphatic rings. The van der Waals surface area contributed by atoms with Gasteiger partial charge in [-0.2, -0.15) is 0 Å². The van der Waals surface area contributed by atoms with E-state index in [0.717, 1.165) is 29.5 Å². The molecule has 18 heavy (non-hydrogen) atoms. The van der Waals surface area contributed by atoms with E-state index in [1.54, 1.807) is 4.90 Å². The molecule has 1 fully saturated rings. The van der Waals surface area contributed by atoms with Gasteiger partial charge in [-0.05, 0) is 31.0 Å². The molecule has 1 aliphatic heterocycles. The maximum absolute atomic E-state index is 11.5. The van der Waals surface area contributed by atoms with Gasteiger partial charge in [0, 0.05) is 29.3 Å². The number of carbonyl (C=O) groups excluding carboxylic acids is 1. The molecule has 0 aromatic heterocycles. The average molecular weight is 313 g/mol. The second-order valence-electron chi connectivity index (χ2n) is 4.49. The number of nitrogens with zero attached hydrogens (tertiary/aromatic N) is 1. The number of nitrogens with one attached hydrogen (secondary N) is 1. The van der Waals surface area contributed by atoms with Crippen molar-refractivity contribution < 1.29 is 9.90 Å². The zero-order chi connectivity index (χ0) is 13.0. The number of aliphatic hydroxyl groups is 1. The molecule has 5 heteroatoms. The van der Waals surface area contributed by atoms with Gasteiger partial charge in [-0.1, -0.05) is 22.0 Å². The van der Waals surface area contributed by atoms with Gasteiger partial charge >= 0.3 is 0 Å². The van der Waals surface area contributed by atoms with E-state index in [0.29, 0.717) is 6.54 Å². The lowest BCUT2D eigenvalue weighted by molar-refractivity contribution is -0.135. The predicted octanol–water partition coefficient (Wildman–Crippen LogP) is 1.84. The highest BCUT2D eigenvalue weighted by molar-refractivity contribution is 9.10. The van der Waals surface area contributed by atoms with Crippen molar-refractivity contribution in [2.75, 3.05) is 25.0 Å². The highest BCUT2D eigenvalue weighted by atomic mass is 79.9. The molecule has 0 bridgehead atoms. The van der Waals surface area contributed by atoms with E-state index in [2.05, 4.69) is 21.2 Å². The molecule has 2 rings (SSSR count). The van der Waals surface area contributed by atoms with Gasteiger partial charge in [-0.25, -0.2) is 0 Å². The largest absolute Gasteiger partial charge is 0.387 e. The highest BCUT2D eigenvalue weighted by Crippen LogP contribution is 2.19. The van der Waals surface area contributed by atoms with Crippen LogP contribution in [0.2, 0.25) is 0 Å². The summed E-state index contributed by atoms with van der Waals surface area (Å²) < 4.78 is 1.03. The van der Waals surface area contributed by atoms with Crippen LogP contribution in [-0.4, -0.2) is 41.7 Å². The Hall–Kier alpha value is -1.07. The number of anilines is 1. The monoisotopic (exact) mass is 312 g/mol. The van der Waals surface area contributed by atoms with Crippen molar-refractivity contribution in [3.05, 3.63) is 28.7 Å². The Balaban J connectivity index is 1.95. The lowest BCUT2D eigenvalue weighted by Crippen LogP contribution is -2.46. The zero-order valence-electron chi connectivity index (χ0n) is 10.1. The van der Waals surface area contributed by atoms with E-state index in [9.17, 15) is 4.79 Å². The molecule has 4 nitrogen and oxygen atoms in total. The van der Waals surface area contributed by atoms with Crippen molar-refractivity contribution in [3.8, 4) is 0 Å². The number of rotatable bonds is 3. The Kier molecular flexibility index (Phi) is 4.60. The van der Waals surface area contributed by atoms with Crippen molar-refractivity contribution in [2.45, 2.75) is 18.9 Å². The molecular weight excluding hydrogens is 296 g/mol. The lowest BCUT2D eigenvalue weighted by Gasteiger charge is -2.33. The molecule has 1 aromatic rings. The van der Waals surface area contributed by atoms with Crippen molar-refractivity contribution in [1.82, 2.24) is 4.90 Å². The normalized spacial score (nSPS) is 19.7. The van der Waals surface area contributed by atoms with E-state index < -0.39 is 6.61 Å². The molecule has 2 N–H and O–H groups in total. The first kappa shape index (κ1) is 13.4. The Morgan fingerprint density at radius 1 is 1.56 bits per heavy atom. The summed E-state index contributed by atoms with van der Waals surface area (Å²) in [5.74, 6) is -0.184. The summed E-state index contributed by atoms with van der Waals surface area (Å²) in [5, 5.41) is 12.3. The number of aliphatic hydroxyl groups excluding tert-OH is 1. The molecule has 0 spiro atoms. The molecule has 1 heterocycles. The molecule has 1 saturated heterocycles. The number of carbonyl (C=O) groups is 1. The SMILES string of the molecule is O=C(CO)N1CCC[C@@H](Nc2cccc(Br)c2)C1. The van der Waals surface area contributed by atoms with Crippen LogP contribution < -0.4 is 5.32 Å². The van der Waals surface area contributed by atoms with Crippen LogP contribution in [-0.2, 0) is 4.79 Å². The quantitative estimate of drug-likeness (QED) is 0.895. The number of benzene rings is 1. The second-order valence-corrected chi connectivity index (χ2v) is 5.41. The smallest absolute Gasteiger partial charge is 0.248 e. The van der Waals surface area contributed by atoms with E-state index in [1.807, 2.05) is 24.3 Å². The fraction of sp³-hybridized carbons (Fsp3) is 0.462. The van der Waals surface area contributed by atoms with E-state index >= 15 is 0 Å². The molecule has 1 atom stereocenters. The topological polar surface area (TPSA) is 52.6 Å². The van der Waals surface area contributed by atoms with Crippen LogP contribution in [0.1, 0.15) is 12.8 Å². The van der Waals surface area contributed by atoms with Crippen LogP contribution in [0.5, 0.6) is 0 Å². The fourth-order valence-electron chi connectivity index (χ4n) is 2.24. The first-order chi connectivity index (χ1) is 8.69. The summed E-state index contributed by atoms with van der Waals surface area (Å²) in [6, 6.07) is 8.24. The van der Waals surface area contributed by atoms with Crippen LogP contribution in [0.3, 0.4) is 0 Å². The number of piperidine rings is 1. The van der Waals surface area contributed by atoms with Gasteiger partial charge in [0.15, 0.2) is 0 Å². The molecule has 1 amide bonds. The Morgan fingerprint density at radius 2 is 2.39 bits per heavy atom. The zero-order valence-corrected chi connectivity index (χ0v) is 11.7. The summed E-state index contributed by atoms with van der Waals surface area (Å²) in [7, 11) is 0. The summed E-state index contributed by atoms with van der Waals surface area (Å²) in [5.41, 5.74) is 1.05. The third-order valence-electron chi connectivity index (χ3n) is 3.10. The van der Waals surface area contributed by atoms with Crippen molar-refractivity contribution in [3.63, 3.8) is 0 Å². The van der Waals surface area contributed by atoms with Gasteiger partial charge in [0.25, 0.3) is 0 Å². The van der Waals surface area contributed by atoms with Gasteiger partial charge < -0.3 is 15.3 Å². The predicted molar refractivity (Wildman–Crippen MR) is 74.5 cm³/mol. The van der Waals surface area contributed by atoms with Crippen molar-refractivity contribution in [2.24, 2.45) is 0 Å². The lowest BCUT2D eigenvalue weighted by atomic mass is 10.1. The van der Waals surface area contributed by atoms with Crippen LogP contribution in [0.4, 0.5) is 5.69 Å². The minimum Gasteiger partial charge on any atom is -0.387 e. The molecule has 98 valence electrons. The minimum atomic E-state index is -0.399. The third kappa shape index (κ3) is 3.46. The van der Waals surface area contributed by atoms with Crippen molar-refractivity contribution in [1.29, 1.82) is 0 Å². The maximum Gasteiger partial charge on any atom is 0.248 e. The van der Waals surface area contributed by atoms with Gasteiger partial charge in [0.2, 0.25) is 5.91 Å². The Labute approximate surface area is 115 Å². The molecule has 1 aromatic carbocycles. The summed E-state index contributed by atoms with van der Waals surface area (Å²) in [6.07, 6.45) is 2.01. The molecule has 0 unspecified atom stereocenters. The maximum atomic E-state index is 11.5. The molecule has 0 radical (unpaired) electrons. The number of amides is 1. The van der Waals surface area contributed by atoms with Gasteiger partial charge in [0.1, 0.15) is 6.61 Å². The Bertz CT molecular complexity index is 425. The van der Waals surface area contributed by atoms with E-state index in [4.69, 9.17) is 5.11 Å². The number of halogens is 1. The number of hydrogen-bond donors (Lipinski definition) is 2. The summed E-state index contributed by atoms with van der Waals surface area (Å²) in [6.45, 7) is 1.01. The van der Waals surface area contributed by atoms with E-state index in [1.165, 1.54) is 0 Å². The average Bonchev–Trinajstić information content (AvgIpc) is 2.38. The third-order valence-corrected chi connectivity index (χ3v) is 3.60. The summed E-state index contributed by atoms with van der Waals surface area (Å²) >= 11 is 3.44. The molecule has 0 saturated carbocycles.